The van der Waals surface area contributed by atoms with E-state index in [1.165, 1.54) is 19.3 Å². The zero-order chi connectivity index (χ0) is 12.3. The van der Waals surface area contributed by atoms with E-state index in [0.717, 1.165) is 24.2 Å². The Kier molecular flexibility index (Phi) is 3.72. The second kappa shape index (κ2) is 5.09. The molecule has 2 rings (SSSR count). The lowest BCUT2D eigenvalue weighted by Gasteiger charge is -2.36. The molecule has 1 aliphatic rings. The van der Waals surface area contributed by atoms with Crippen molar-refractivity contribution in [2.24, 2.45) is 5.92 Å². The lowest BCUT2D eigenvalue weighted by atomic mass is 9.74. The van der Waals surface area contributed by atoms with Gasteiger partial charge in [0.25, 0.3) is 0 Å². The molecule has 0 aliphatic heterocycles. The van der Waals surface area contributed by atoms with Gasteiger partial charge in [-0.05, 0) is 43.4 Å². The van der Waals surface area contributed by atoms with Crippen LogP contribution in [0.3, 0.4) is 0 Å². The van der Waals surface area contributed by atoms with Gasteiger partial charge in [0.2, 0.25) is 0 Å². The molecule has 1 fully saturated rings. The Bertz CT molecular complexity index is 365. The minimum atomic E-state index is -0.727. The minimum absolute atomic E-state index is 0.378. The van der Waals surface area contributed by atoms with E-state index < -0.39 is 5.60 Å². The van der Waals surface area contributed by atoms with E-state index in [9.17, 15) is 5.11 Å². The summed E-state index contributed by atoms with van der Waals surface area (Å²) in [7, 11) is 1.66. The molecule has 1 saturated carbocycles. The van der Waals surface area contributed by atoms with Crippen molar-refractivity contribution in [2.45, 2.75) is 44.6 Å². The van der Waals surface area contributed by atoms with Crippen LogP contribution in [0.5, 0.6) is 5.75 Å². The normalized spacial score (nSPS) is 20.9. The Balaban J connectivity index is 2.22. The predicted molar refractivity (Wildman–Crippen MR) is 69.1 cm³/mol. The quantitative estimate of drug-likeness (QED) is 0.867. The van der Waals surface area contributed by atoms with Crippen molar-refractivity contribution in [1.29, 1.82) is 0 Å². The van der Waals surface area contributed by atoms with E-state index in [1.54, 1.807) is 7.11 Å². The summed E-state index contributed by atoms with van der Waals surface area (Å²) < 4.78 is 5.23. The maximum atomic E-state index is 10.8. The zero-order valence-corrected chi connectivity index (χ0v) is 10.8. The molecule has 94 valence electrons. The summed E-state index contributed by atoms with van der Waals surface area (Å²) in [6.07, 6.45) is 6.05. The summed E-state index contributed by atoms with van der Waals surface area (Å²) in [6, 6.07) is 7.82. The molecule has 0 radical (unpaired) electrons. The van der Waals surface area contributed by atoms with E-state index in [0.29, 0.717) is 5.92 Å². The monoisotopic (exact) mass is 234 g/mol. The molecular formula is C15H22O2. The Hall–Kier alpha value is -1.02. The minimum Gasteiger partial charge on any atom is -0.497 e. The largest absolute Gasteiger partial charge is 0.497 e. The second-order valence-electron chi connectivity index (χ2n) is 5.21. The summed E-state index contributed by atoms with van der Waals surface area (Å²) in [4.78, 5) is 0. The smallest absolute Gasteiger partial charge is 0.119 e. The van der Waals surface area contributed by atoms with Gasteiger partial charge < -0.3 is 9.84 Å². The molecule has 17 heavy (non-hydrogen) atoms. The van der Waals surface area contributed by atoms with E-state index in [1.807, 2.05) is 31.2 Å². The summed E-state index contributed by atoms with van der Waals surface area (Å²) in [6.45, 7) is 1.94. The van der Waals surface area contributed by atoms with Gasteiger partial charge in [-0.25, -0.2) is 0 Å². The first-order valence-corrected chi connectivity index (χ1v) is 6.51. The van der Waals surface area contributed by atoms with Gasteiger partial charge >= 0.3 is 0 Å². The van der Waals surface area contributed by atoms with Crippen LogP contribution in [0.15, 0.2) is 24.3 Å². The number of hydrogen-bond acceptors (Lipinski definition) is 2. The van der Waals surface area contributed by atoms with E-state index in [4.69, 9.17) is 4.74 Å². The molecule has 0 spiro atoms. The molecule has 2 nitrogen and oxygen atoms in total. The molecule has 1 unspecified atom stereocenters. The van der Waals surface area contributed by atoms with Crippen LogP contribution in [0.25, 0.3) is 0 Å². The number of methoxy groups -OCH3 is 1. The summed E-state index contributed by atoms with van der Waals surface area (Å²) >= 11 is 0. The number of benzene rings is 1. The van der Waals surface area contributed by atoms with Crippen molar-refractivity contribution in [1.82, 2.24) is 0 Å². The Morgan fingerprint density at radius 2 is 1.94 bits per heavy atom. The lowest BCUT2D eigenvalue weighted by Crippen LogP contribution is -2.33. The number of ether oxygens (including phenoxy) is 1. The highest BCUT2D eigenvalue weighted by Crippen LogP contribution is 2.39. The number of rotatable bonds is 3. The Labute approximate surface area is 104 Å². The lowest BCUT2D eigenvalue weighted by molar-refractivity contribution is -0.0216. The second-order valence-corrected chi connectivity index (χ2v) is 5.21. The molecule has 1 atom stereocenters. The highest BCUT2D eigenvalue weighted by atomic mass is 16.5. The van der Waals surface area contributed by atoms with Crippen LogP contribution >= 0.6 is 0 Å². The van der Waals surface area contributed by atoms with Crippen LogP contribution in [0.1, 0.15) is 44.6 Å². The summed E-state index contributed by atoms with van der Waals surface area (Å²) in [5.41, 5.74) is 0.248. The maximum Gasteiger partial charge on any atom is 0.119 e. The fourth-order valence-corrected chi connectivity index (χ4v) is 2.84. The zero-order valence-electron chi connectivity index (χ0n) is 10.8. The van der Waals surface area contributed by atoms with Crippen molar-refractivity contribution in [3.05, 3.63) is 29.8 Å². The van der Waals surface area contributed by atoms with Gasteiger partial charge in [-0.3, -0.25) is 0 Å². The highest BCUT2D eigenvalue weighted by Gasteiger charge is 2.34. The van der Waals surface area contributed by atoms with Crippen molar-refractivity contribution in [3.63, 3.8) is 0 Å². The van der Waals surface area contributed by atoms with Crippen LogP contribution in [0.2, 0.25) is 0 Å². The van der Waals surface area contributed by atoms with Crippen LogP contribution in [-0.2, 0) is 5.60 Å². The van der Waals surface area contributed by atoms with Crippen molar-refractivity contribution in [3.8, 4) is 5.75 Å². The molecule has 2 heteroatoms. The standard InChI is InChI=1S/C15H22O2/c1-15(16,12-7-4-3-5-8-12)13-9-6-10-14(11-13)17-2/h6,9-12,16H,3-5,7-8H2,1-2H3. The molecule has 0 aromatic heterocycles. The van der Waals surface area contributed by atoms with Crippen LogP contribution < -0.4 is 4.74 Å². The van der Waals surface area contributed by atoms with Gasteiger partial charge in [-0.15, -0.1) is 0 Å². The predicted octanol–water partition coefficient (Wildman–Crippen LogP) is 3.48. The highest BCUT2D eigenvalue weighted by molar-refractivity contribution is 5.32. The van der Waals surface area contributed by atoms with Gasteiger partial charge in [0.15, 0.2) is 0 Å². The first-order chi connectivity index (χ1) is 8.14. The fourth-order valence-electron chi connectivity index (χ4n) is 2.84. The Morgan fingerprint density at radius 3 is 2.59 bits per heavy atom. The van der Waals surface area contributed by atoms with E-state index in [2.05, 4.69) is 0 Å². The third-order valence-electron chi connectivity index (χ3n) is 4.05. The summed E-state index contributed by atoms with van der Waals surface area (Å²) in [5, 5.41) is 10.8. The van der Waals surface area contributed by atoms with E-state index >= 15 is 0 Å². The molecule has 1 aliphatic carbocycles. The number of hydrogen-bond donors (Lipinski definition) is 1. The molecular weight excluding hydrogens is 212 g/mol. The van der Waals surface area contributed by atoms with Gasteiger partial charge in [-0.2, -0.15) is 0 Å². The number of aliphatic hydroxyl groups is 1. The fraction of sp³-hybridized carbons (Fsp3) is 0.600. The third kappa shape index (κ3) is 2.63. The third-order valence-corrected chi connectivity index (χ3v) is 4.05. The molecule has 0 amide bonds. The summed E-state index contributed by atoms with van der Waals surface area (Å²) in [5.74, 6) is 1.20. The van der Waals surface area contributed by atoms with Crippen LogP contribution in [0, 0.1) is 5.92 Å². The van der Waals surface area contributed by atoms with Crippen molar-refractivity contribution in [2.75, 3.05) is 7.11 Å². The van der Waals surface area contributed by atoms with Crippen LogP contribution in [0.4, 0.5) is 0 Å². The molecule has 0 bridgehead atoms. The Morgan fingerprint density at radius 1 is 1.24 bits per heavy atom. The first-order valence-electron chi connectivity index (χ1n) is 6.51. The topological polar surface area (TPSA) is 29.5 Å². The maximum absolute atomic E-state index is 10.8. The van der Waals surface area contributed by atoms with Gasteiger partial charge in [0.05, 0.1) is 12.7 Å². The van der Waals surface area contributed by atoms with Gasteiger partial charge in [-0.1, -0.05) is 31.4 Å². The molecule has 1 aromatic rings. The van der Waals surface area contributed by atoms with Gasteiger partial charge in [0.1, 0.15) is 5.75 Å². The molecule has 1 N–H and O–H groups in total. The van der Waals surface area contributed by atoms with E-state index in [-0.39, 0.29) is 0 Å². The average molecular weight is 234 g/mol. The molecule has 0 heterocycles. The van der Waals surface area contributed by atoms with Crippen molar-refractivity contribution >= 4 is 0 Å². The average Bonchev–Trinajstić information content (AvgIpc) is 2.40. The van der Waals surface area contributed by atoms with Crippen LogP contribution in [-0.4, -0.2) is 12.2 Å². The first kappa shape index (κ1) is 12.4. The van der Waals surface area contributed by atoms with Gasteiger partial charge in [0, 0.05) is 0 Å². The van der Waals surface area contributed by atoms with Crippen molar-refractivity contribution < 1.29 is 9.84 Å². The molecule has 0 saturated heterocycles. The molecule has 1 aromatic carbocycles. The SMILES string of the molecule is COc1cccc(C(C)(O)C2CCCCC2)c1.